The third-order valence-electron chi connectivity index (χ3n) is 3.35. The molecule has 6 nitrogen and oxygen atoms in total. The highest BCUT2D eigenvalue weighted by Crippen LogP contribution is 2.15. The van der Waals surface area contributed by atoms with Gasteiger partial charge in [0, 0.05) is 32.2 Å². The molecular weight excluding hydrogens is 230 g/mol. The average molecular weight is 251 g/mol. The number of carbonyl (C=O) groups is 1. The predicted octanol–water partition coefficient (Wildman–Crippen LogP) is 1.29. The molecule has 1 saturated heterocycles. The maximum atomic E-state index is 12.2. The molecule has 3 N–H and O–H groups in total. The van der Waals surface area contributed by atoms with Gasteiger partial charge < -0.3 is 10.6 Å². The fourth-order valence-corrected chi connectivity index (χ4v) is 2.25. The highest BCUT2D eigenvalue weighted by atomic mass is 16.2. The van der Waals surface area contributed by atoms with Crippen molar-refractivity contribution in [3.05, 3.63) is 11.8 Å². The zero-order chi connectivity index (χ0) is 13.0. The molecule has 2 amide bonds. The molecule has 18 heavy (non-hydrogen) atoms. The molecule has 0 radical (unpaired) electrons. The molecule has 6 heteroatoms. The summed E-state index contributed by atoms with van der Waals surface area (Å²) in [6.45, 7) is 2.05. The van der Waals surface area contributed by atoms with Crippen LogP contribution >= 0.6 is 0 Å². The normalized spacial score (nSPS) is 16.4. The maximum absolute atomic E-state index is 12.2. The van der Waals surface area contributed by atoms with Gasteiger partial charge in [-0.3, -0.25) is 10.00 Å². The fourth-order valence-electron chi connectivity index (χ4n) is 2.25. The van der Waals surface area contributed by atoms with Crippen molar-refractivity contribution >= 4 is 11.8 Å². The van der Waals surface area contributed by atoms with E-state index in [-0.39, 0.29) is 6.03 Å². The topological polar surface area (TPSA) is 76.2 Å². The molecule has 0 saturated carbocycles. The van der Waals surface area contributed by atoms with Gasteiger partial charge in [0.1, 0.15) is 5.82 Å². The van der Waals surface area contributed by atoms with Crippen molar-refractivity contribution in [2.75, 3.05) is 18.4 Å². The molecule has 0 atom stereocenters. The minimum atomic E-state index is -0.0461. The van der Waals surface area contributed by atoms with E-state index >= 15 is 0 Å². The van der Waals surface area contributed by atoms with Gasteiger partial charge in [-0.25, -0.2) is 4.79 Å². The quantitative estimate of drug-likeness (QED) is 0.831. The lowest BCUT2D eigenvalue weighted by molar-refractivity contribution is 0.213. The van der Waals surface area contributed by atoms with Crippen LogP contribution in [0.15, 0.2) is 6.20 Å². The minimum Gasteiger partial charge on any atom is -0.326 e. The fraction of sp³-hybridized carbons (Fsp3) is 0.667. The van der Waals surface area contributed by atoms with Gasteiger partial charge in [-0.1, -0.05) is 12.8 Å². The monoisotopic (exact) mass is 251 g/mol. The molecule has 2 rings (SSSR count). The molecule has 0 spiro atoms. The number of amides is 2. The highest BCUT2D eigenvalue weighted by molar-refractivity contribution is 5.89. The van der Waals surface area contributed by atoms with Crippen molar-refractivity contribution in [1.29, 1.82) is 0 Å². The number of aryl methyl sites for hydroxylation is 1. The molecule has 100 valence electrons. The van der Waals surface area contributed by atoms with E-state index in [0.717, 1.165) is 31.5 Å². The Labute approximate surface area is 107 Å². The second-order valence-electron chi connectivity index (χ2n) is 4.68. The number of rotatable bonds is 2. The third kappa shape index (κ3) is 2.81. The van der Waals surface area contributed by atoms with Gasteiger partial charge >= 0.3 is 6.03 Å². The van der Waals surface area contributed by atoms with Crippen LogP contribution in [0.25, 0.3) is 0 Å². The maximum Gasteiger partial charge on any atom is 0.323 e. The van der Waals surface area contributed by atoms with Crippen LogP contribution in [0.2, 0.25) is 0 Å². The standard InChI is InChI=1S/C12H21N5O/c1-16-11(10(8-13)9-14-16)15-12(18)17-6-4-2-3-5-7-17/h9H,2-8,13H2,1H3,(H,15,18). The molecule has 1 fully saturated rings. The Balaban J connectivity index is 2.03. The van der Waals surface area contributed by atoms with E-state index in [1.165, 1.54) is 12.8 Å². The van der Waals surface area contributed by atoms with E-state index in [9.17, 15) is 4.79 Å². The smallest absolute Gasteiger partial charge is 0.323 e. The van der Waals surface area contributed by atoms with Crippen molar-refractivity contribution in [1.82, 2.24) is 14.7 Å². The summed E-state index contributed by atoms with van der Waals surface area (Å²) in [5.41, 5.74) is 6.49. The van der Waals surface area contributed by atoms with Gasteiger partial charge in [-0.05, 0) is 12.8 Å². The lowest BCUT2D eigenvalue weighted by Crippen LogP contribution is -2.36. The Morgan fingerprint density at radius 2 is 2.06 bits per heavy atom. The van der Waals surface area contributed by atoms with Crippen molar-refractivity contribution in [2.45, 2.75) is 32.2 Å². The van der Waals surface area contributed by atoms with E-state index in [1.54, 1.807) is 17.9 Å². The number of aromatic nitrogens is 2. The number of hydrogen-bond acceptors (Lipinski definition) is 3. The summed E-state index contributed by atoms with van der Waals surface area (Å²) in [4.78, 5) is 14.0. The minimum absolute atomic E-state index is 0.0461. The molecule has 1 aromatic rings. The lowest BCUT2D eigenvalue weighted by Gasteiger charge is -2.21. The van der Waals surface area contributed by atoms with Crippen LogP contribution in [0.1, 0.15) is 31.2 Å². The molecule has 2 heterocycles. The van der Waals surface area contributed by atoms with E-state index in [0.29, 0.717) is 12.4 Å². The number of nitrogens with zero attached hydrogens (tertiary/aromatic N) is 3. The Kier molecular flexibility index (Phi) is 4.19. The number of nitrogens with two attached hydrogens (primary N) is 1. The zero-order valence-electron chi connectivity index (χ0n) is 10.9. The molecular formula is C12H21N5O. The number of anilines is 1. The summed E-state index contributed by atoms with van der Waals surface area (Å²) in [6.07, 6.45) is 6.29. The highest BCUT2D eigenvalue weighted by Gasteiger charge is 2.18. The van der Waals surface area contributed by atoms with Crippen LogP contribution in [0.3, 0.4) is 0 Å². The number of urea groups is 1. The van der Waals surface area contributed by atoms with Crippen molar-refractivity contribution in [3.8, 4) is 0 Å². The molecule has 0 aliphatic carbocycles. The SMILES string of the molecule is Cn1ncc(CN)c1NC(=O)N1CCCCCC1. The number of carbonyl (C=O) groups excluding carboxylic acids is 1. The molecule has 1 aliphatic rings. The van der Waals surface area contributed by atoms with Crippen molar-refractivity contribution < 1.29 is 4.79 Å². The Morgan fingerprint density at radius 3 is 2.67 bits per heavy atom. The third-order valence-corrected chi connectivity index (χ3v) is 3.35. The summed E-state index contributed by atoms with van der Waals surface area (Å²) in [5.74, 6) is 0.701. The molecule has 1 aromatic heterocycles. The number of hydrogen-bond donors (Lipinski definition) is 2. The zero-order valence-corrected chi connectivity index (χ0v) is 10.9. The second kappa shape index (κ2) is 5.86. The molecule has 0 aromatic carbocycles. The van der Waals surface area contributed by atoms with Crippen LogP contribution in [0, 0.1) is 0 Å². The molecule has 0 unspecified atom stereocenters. The number of likely N-dealkylation sites (tertiary alicyclic amines) is 1. The number of nitrogens with one attached hydrogen (secondary N) is 1. The van der Waals surface area contributed by atoms with Gasteiger partial charge in [-0.2, -0.15) is 5.10 Å². The van der Waals surface area contributed by atoms with Crippen LogP contribution in [-0.4, -0.2) is 33.8 Å². The Bertz CT molecular complexity index is 407. The predicted molar refractivity (Wildman–Crippen MR) is 70.2 cm³/mol. The first-order chi connectivity index (χ1) is 8.72. The van der Waals surface area contributed by atoms with Gasteiger partial charge in [0.15, 0.2) is 0 Å². The van der Waals surface area contributed by atoms with Gasteiger partial charge in [0.2, 0.25) is 0 Å². The van der Waals surface area contributed by atoms with E-state index < -0.39 is 0 Å². The summed E-state index contributed by atoms with van der Waals surface area (Å²) in [7, 11) is 1.80. The second-order valence-corrected chi connectivity index (χ2v) is 4.68. The summed E-state index contributed by atoms with van der Waals surface area (Å²) in [5, 5.41) is 7.02. The van der Waals surface area contributed by atoms with Gasteiger partial charge in [-0.15, -0.1) is 0 Å². The van der Waals surface area contributed by atoms with E-state index in [1.807, 2.05) is 4.90 Å². The van der Waals surface area contributed by atoms with Crippen LogP contribution in [0.4, 0.5) is 10.6 Å². The summed E-state index contributed by atoms with van der Waals surface area (Å²) >= 11 is 0. The first-order valence-electron chi connectivity index (χ1n) is 6.49. The van der Waals surface area contributed by atoms with Gasteiger partial charge in [0.05, 0.1) is 6.20 Å². The van der Waals surface area contributed by atoms with Crippen LogP contribution < -0.4 is 11.1 Å². The molecule has 0 bridgehead atoms. The summed E-state index contributed by atoms with van der Waals surface area (Å²) < 4.78 is 1.65. The summed E-state index contributed by atoms with van der Waals surface area (Å²) in [6, 6.07) is -0.0461. The van der Waals surface area contributed by atoms with Crippen molar-refractivity contribution in [3.63, 3.8) is 0 Å². The van der Waals surface area contributed by atoms with E-state index in [4.69, 9.17) is 5.73 Å². The van der Waals surface area contributed by atoms with Crippen LogP contribution in [-0.2, 0) is 13.6 Å². The average Bonchev–Trinajstić information content (AvgIpc) is 2.61. The van der Waals surface area contributed by atoms with Gasteiger partial charge in [0.25, 0.3) is 0 Å². The lowest BCUT2D eigenvalue weighted by atomic mass is 10.2. The Hall–Kier alpha value is -1.56. The largest absolute Gasteiger partial charge is 0.326 e. The Morgan fingerprint density at radius 1 is 1.39 bits per heavy atom. The van der Waals surface area contributed by atoms with Crippen LogP contribution in [0.5, 0.6) is 0 Å². The van der Waals surface area contributed by atoms with Crippen molar-refractivity contribution in [2.24, 2.45) is 12.8 Å². The van der Waals surface area contributed by atoms with E-state index in [2.05, 4.69) is 10.4 Å². The first-order valence-corrected chi connectivity index (χ1v) is 6.49. The molecule has 1 aliphatic heterocycles. The first kappa shape index (κ1) is 12.9.